The highest BCUT2D eigenvalue weighted by atomic mass is 16.5. The monoisotopic (exact) mass is 242 g/mol. The third-order valence-corrected chi connectivity index (χ3v) is 3.15. The van der Waals surface area contributed by atoms with E-state index in [1.807, 2.05) is 30.3 Å². The molecule has 0 saturated carbocycles. The first-order valence-electron chi connectivity index (χ1n) is 6.10. The average molecular weight is 242 g/mol. The molecule has 1 saturated heterocycles. The summed E-state index contributed by atoms with van der Waals surface area (Å²) < 4.78 is 7.33. The number of ether oxygens (including phenoxy) is 1. The number of rotatable bonds is 3. The molecule has 0 radical (unpaired) electrons. The van der Waals surface area contributed by atoms with Crippen molar-refractivity contribution in [3.05, 3.63) is 47.8 Å². The van der Waals surface area contributed by atoms with E-state index in [1.165, 1.54) is 0 Å². The Kier molecular flexibility index (Phi) is 2.94. The molecule has 1 atom stereocenters. The highest BCUT2D eigenvalue weighted by Crippen LogP contribution is 2.29. The second-order valence-corrected chi connectivity index (χ2v) is 4.37. The maximum absolute atomic E-state index is 11.1. The number of carbonyl (C=O) groups excluding carboxylic acids is 1. The van der Waals surface area contributed by atoms with Gasteiger partial charge in [-0.05, 0) is 25.0 Å². The van der Waals surface area contributed by atoms with Crippen LogP contribution in [0.4, 0.5) is 0 Å². The van der Waals surface area contributed by atoms with E-state index in [-0.39, 0.29) is 6.10 Å². The van der Waals surface area contributed by atoms with Gasteiger partial charge in [0, 0.05) is 12.8 Å². The molecule has 2 heterocycles. The van der Waals surface area contributed by atoms with Crippen molar-refractivity contribution >= 4 is 6.29 Å². The van der Waals surface area contributed by atoms with Gasteiger partial charge in [-0.25, -0.2) is 4.68 Å². The molecule has 4 nitrogen and oxygen atoms in total. The van der Waals surface area contributed by atoms with Crippen molar-refractivity contribution in [2.45, 2.75) is 18.9 Å². The maximum Gasteiger partial charge on any atom is 0.153 e. The van der Waals surface area contributed by atoms with E-state index in [1.54, 1.807) is 10.9 Å². The number of hydrogen-bond donors (Lipinski definition) is 0. The molecule has 0 bridgehead atoms. The van der Waals surface area contributed by atoms with E-state index < -0.39 is 0 Å². The Morgan fingerprint density at radius 2 is 2.17 bits per heavy atom. The summed E-state index contributed by atoms with van der Waals surface area (Å²) in [5, 5.41) is 4.49. The highest BCUT2D eigenvalue weighted by molar-refractivity contribution is 5.76. The first-order chi connectivity index (χ1) is 8.88. The molecule has 1 unspecified atom stereocenters. The molecular weight excluding hydrogens is 228 g/mol. The third kappa shape index (κ3) is 1.95. The molecule has 18 heavy (non-hydrogen) atoms. The SMILES string of the molecule is O=Cc1cn(-c2ccccc2)nc1C1CCCO1. The third-order valence-electron chi connectivity index (χ3n) is 3.15. The molecule has 92 valence electrons. The lowest BCUT2D eigenvalue weighted by atomic mass is 10.1. The topological polar surface area (TPSA) is 44.1 Å². The average Bonchev–Trinajstić information content (AvgIpc) is 3.08. The zero-order valence-corrected chi connectivity index (χ0v) is 9.95. The van der Waals surface area contributed by atoms with E-state index in [2.05, 4.69) is 5.10 Å². The van der Waals surface area contributed by atoms with Gasteiger partial charge in [-0.3, -0.25) is 4.79 Å². The summed E-state index contributed by atoms with van der Waals surface area (Å²) >= 11 is 0. The van der Waals surface area contributed by atoms with Crippen LogP contribution < -0.4 is 0 Å². The van der Waals surface area contributed by atoms with Gasteiger partial charge in [0.25, 0.3) is 0 Å². The van der Waals surface area contributed by atoms with E-state index >= 15 is 0 Å². The number of carbonyl (C=O) groups is 1. The lowest BCUT2D eigenvalue weighted by Gasteiger charge is -2.06. The smallest absolute Gasteiger partial charge is 0.153 e. The van der Waals surface area contributed by atoms with E-state index in [0.717, 1.165) is 37.1 Å². The van der Waals surface area contributed by atoms with Crippen LogP contribution in [0, 0.1) is 0 Å². The summed E-state index contributed by atoms with van der Waals surface area (Å²) in [6, 6.07) is 9.77. The molecule has 0 amide bonds. The Bertz CT molecular complexity index is 542. The van der Waals surface area contributed by atoms with E-state index in [0.29, 0.717) is 5.56 Å². The molecule has 1 aliphatic rings. The van der Waals surface area contributed by atoms with Crippen molar-refractivity contribution in [1.29, 1.82) is 0 Å². The summed E-state index contributed by atoms with van der Waals surface area (Å²) in [7, 11) is 0. The second-order valence-electron chi connectivity index (χ2n) is 4.37. The fraction of sp³-hybridized carbons (Fsp3) is 0.286. The Morgan fingerprint density at radius 1 is 1.33 bits per heavy atom. The Hall–Kier alpha value is -1.94. The summed E-state index contributed by atoms with van der Waals surface area (Å²) in [6.07, 6.45) is 4.55. The molecule has 1 aromatic heterocycles. The van der Waals surface area contributed by atoms with Crippen LogP contribution in [-0.4, -0.2) is 22.7 Å². The minimum absolute atomic E-state index is 0.0323. The van der Waals surface area contributed by atoms with Crippen LogP contribution in [0.5, 0.6) is 0 Å². The van der Waals surface area contributed by atoms with Crippen LogP contribution in [0.3, 0.4) is 0 Å². The predicted molar refractivity (Wildman–Crippen MR) is 66.9 cm³/mol. The van der Waals surface area contributed by atoms with Crippen molar-refractivity contribution in [3.63, 3.8) is 0 Å². The zero-order valence-electron chi connectivity index (χ0n) is 9.95. The minimum atomic E-state index is -0.0323. The van der Waals surface area contributed by atoms with Gasteiger partial charge in [-0.2, -0.15) is 5.10 Å². The lowest BCUT2D eigenvalue weighted by molar-refractivity contribution is 0.104. The molecule has 3 rings (SSSR count). The Morgan fingerprint density at radius 3 is 2.83 bits per heavy atom. The second kappa shape index (κ2) is 4.74. The van der Waals surface area contributed by atoms with Crippen LogP contribution in [0.25, 0.3) is 5.69 Å². The zero-order chi connectivity index (χ0) is 12.4. The molecule has 4 heteroatoms. The number of aldehydes is 1. The number of hydrogen-bond acceptors (Lipinski definition) is 3. The summed E-state index contributed by atoms with van der Waals surface area (Å²) in [4.78, 5) is 11.1. The summed E-state index contributed by atoms with van der Waals surface area (Å²) in [5.41, 5.74) is 2.32. The van der Waals surface area contributed by atoms with Crippen LogP contribution in [0.15, 0.2) is 36.5 Å². The fourth-order valence-electron chi connectivity index (χ4n) is 2.25. The van der Waals surface area contributed by atoms with Crippen LogP contribution in [0.1, 0.15) is 35.0 Å². The molecule has 1 aliphatic heterocycles. The molecule has 0 aliphatic carbocycles. The van der Waals surface area contributed by atoms with Crippen LogP contribution in [0.2, 0.25) is 0 Å². The number of benzene rings is 1. The maximum atomic E-state index is 11.1. The van der Waals surface area contributed by atoms with Gasteiger partial charge < -0.3 is 4.74 Å². The molecule has 0 spiro atoms. The Labute approximate surface area is 105 Å². The normalized spacial score (nSPS) is 19.0. The number of nitrogens with zero attached hydrogens (tertiary/aromatic N) is 2. The fourth-order valence-corrected chi connectivity index (χ4v) is 2.25. The predicted octanol–water partition coefficient (Wildman–Crippen LogP) is 2.54. The first-order valence-corrected chi connectivity index (χ1v) is 6.10. The van der Waals surface area contributed by atoms with E-state index in [4.69, 9.17) is 4.74 Å². The van der Waals surface area contributed by atoms with Crippen molar-refractivity contribution in [2.75, 3.05) is 6.61 Å². The molecule has 1 aromatic carbocycles. The van der Waals surface area contributed by atoms with Gasteiger partial charge >= 0.3 is 0 Å². The van der Waals surface area contributed by atoms with Gasteiger partial charge in [0.2, 0.25) is 0 Å². The molecular formula is C14H14N2O2. The molecule has 0 N–H and O–H groups in total. The van der Waals surface area contributed by atoms with Crippen LogP contribution in [-0.2, 0) is 4.74 Å². The molecule has 1 fully saturated rings. The first kappa shape index (κ1) is 11.2. The molecule has 2 aromatic rings. The van der Waals surface area contributed by atoms with Crippen LogP contribution >= 0.6 is 0 Å². The number of para-hydroxylation sites is 1. The van der Waals surface area contributed by atoms with Crippen molar-refractivity contribution in [1.82, 2.24) is 9.78 Å². The minimum Gasteiger partial charge on any atom is -0.372 e. The Balaban J connectivity index is 2.00. The summed E-state index contributed by atoms with van der Waals surface area (Å²) in [5.74, 6) is 0. The van der Waals surface area contributed by atoms with E-state index in [9.17, 15) is 4.79 Å². The van der Waals surface area contributed by atoms with Gasteiger partial charge in [-0.15, -0.1) is 0 Å². The lowest BCUT2D eigenvalue weighted by Crippen LogP contribution is -2.01. The van der Waals surface area contributed by atoms with Crippen molar-refractivity contribution < 1.29 is 9.53 Å². The largest absolute Gasteiger partial charge is 0.372 e. The number of aromatic nitrogens is 2. The van der Waals surface area contributed by atoms with Gasteiger partial charge in [0.05, 0.1) is 11.3 Å². The van der Waals surface area contributed by atoms with Gasteiger partial charge in [-0.1, -0.05) is 18.2 Å². The highest BCUT2D eigenvalue weighted by Gasteiger charge is 2.24. The quantitative estimate of drug-likeness (QED) is 0.777. The van der Waals surface area contributed by atoms with Crippen molar-refractivity contribution in [2.24, 2.45) is 0 Å². The van der Waals surface area contributed by atoms with Gasteiger partial charge in [0.15, 0.2) is 6.29 Å². The summed E-state index contributed by atoms with van der Waals surface area (Å²) in [6.45, 7) is 0.751. The van der Waals surface area contributed by atoms with Gasteiger partial charge in [0.1, 0.15) is 11.8 Å². The standard InChI is InChI=1S/C14H14N2O2/c17-10-11-9-16(12-5-2-1-3-6-12)15-14(11)13-7-4-8-18-13/h1-3,5-6,9-10,13H,4,7-8H2. The van der Waals surface area contributed by atoms with Crippen molar-refractivity contribution in [3.8, 4) is 5.69 Å².